The quantitative estimate of drug-likeness (QED) is 0.664. The lowest BCUT2D eigenvalue weighted by Crippen LogP contribution is -2.36. The van der Waals surface area contributed by atoms with E-state index < -0.39 is 0 Å². The second kappa shape index (κ2) is 7.34. The van der Waals surface area contributed by atoms with E-state index >= 15 is 0 Å². The SMILES string of the molecule is O=C1c2ccccc2C(O)=[N+]1Cc1cn(-c2ccc(N3CCOCC3)c(F)c2)nn1. The average Bonchev–Trinajstić information content (AvgIpc) is 3.34. The second-order valence-corrected chi connectivity index (χ2v) is 7.15. The predicted molar refractivity (Wildman–Crippen MR) is 106 cm³/mol. The lowest BCUT2D eigenvalue weighted by Gasteiger charge is -2.29. The molecule has 1 amide bonds. The molecule has 0 aliphatic carbocycles. The molecule has 0 radical (unpaired) electrons. The molecule has 1 fully saturated rings. The van der Waals surface area contributed by atoms with Gasteiger partial charge in [0.1, 0.15) is 22.6 Å². The summed E-state index contributed by atoms with van der Waals surface area (Å²) < 4.78 is 22.7. The van der Waals surface area contributed by atoms with E-state index in [1.54, 1.807) is 42.6 Å². The van der Waals surface area contributed by atoms with Crippen LogP contribution in [0.3, 0.4) is 0 Å². The third kappa shape index (κ3) is 3.13. The van der Waals surface area contributed by atoms with Crippen molar-refractivity contribution >= 4 is 17.5 Å². The molecule has 9 heteroatoms. The maximum Gasteiger partial charge on any atom is 0.423 e. The fourth-order valence-corrected chi connectivity index (χ4v) is 3.76. The number of aliphatic hydroxyl groups excluding tert-OH is 1. The maximum atomic E-state index is 14.7. The van der Waals surface area contributed by atoms with Gasteiger partial charge in [-0.15, -0.1) is 9.67 Å². The van der Waals surface area contributed by atoms with Crippen molar-refractivity contribution < 1.29 is 23.6 Å². The number of benzene rings is 2. The van der Waals surface area contributed by atoms with Gasteiger partial charge >= 0.3 is 11.8 Å². The Morgan fingerprint density at radius 1 is 1.13 bits per heavy atom. The Morgan fingerprint density at radius 2 is 1.90 bits per heavy atom. The lowest BCUT2D eigenvalue weighted by molar-refractivity contribution is -0.450. The molecular formula is C21H19FN5O3+. The Balaban J connectivity index is 1.37. The van der Waals surface area contributed by atoms with E-state index in [0.29, 0.717) is 54.5 Å². The monoisotopic (exact) mass is 408 g/mol. The van der Waals surface area contributed by atoms with E-state index in [-0.39, 0.29) is 24.2 Å². The summed E-state index contributed by atoms with van der Waals surface area (Å²) in [6, 6.07) is 11.8. The first-order valence-electron chi connectivity index (χ1n) is 9.63. The van der Waals surface area contributed by atoms with Gasteiger partial charge in [0.15, 0.2) is 0 Å². The van der Waals surface area contributed by atoms with Crippen LogP contribution in [0, 0.1) is 5.82 Å². The van der Waals surface area contributed by atoms with Crippen molar-refractivity contribution in [3.63, 3.8) is 0 Å². The molecule has 8 nitrogen and oxygen atoms in total. The largest absolute Gasteiger partial charge is 0.459 e. The van der Waals surface area contributed by atoms with E-state index in [2.05, 4.69) is 10.3 Å². The minimum Gasteiger partial charge on any atom is -0.459 e. The van der Waals surface area contributed by atoms with E-state index in [9.17, 15) is 14.3 Å². The number of ether oxygens (including phenoxy) is 1. The number of aliphatic hydroxyl groups is 1. The van der Waals surface area contributed by atoms with Gasteiger partial charge in [0.2, 0.25) is 6.54 Å². The first-order valence-corrected chi connectivity index (χ1v) is 9.63. The molecule has 0 saturated carbocycles. The zero-order valence-electron chi connectivity index (χ0n) is 16.0. The van der Waals surface area contributed by atoms with Crippen LogP contribution in [0.5, 0.6) is 0 Å². The molecule has 3 aromatic rings. The number of fused-ring (bicyclic) bond motifs is 1. The van der Waals surface area contributed by atoms with Crippen LogP contribution in [-0.4, -0.2) is 62.8 Å². The van der Waals surface area contributed by atoms with Crippen LogP contribution in [0.25, 0.3) is 5.69 Å². The van der Waals surface area contributed by atoms with Crippen LogP contribution in [0.1, 0.15) is 21.6 Å². The summed E-state index contributed by atoms with van der Waals surface area (Å²) in [5.41, 5.74) is 2.47. The molecule has 0 spiro atoms. The van der Waals surface area contributed by atoms with Crippen molar-refractivity contribution in [2.45, 2.75) is 6.54 Å². The van der Waals surface area contributed by atoms with Crippen LogP contribution in [-0.2, 0) is 11.3 Å². The first-order chi connectivity index (χ1) is 14.6. The smallest absolute Gasteiger partial charge is 0.423 e. The second-order valence-electron chi connectivity index (χ2n) is 7.15. The molecule has 2 aliphatic rings. The summed E-state index contributed by atoms with van der Waals surface area (Å²) in [6.07, 6.45) is 1.62. The van der Waals surface area contributed by atoms with E-state index in [1.165, 1.54) is 15.3 Å². The normalized spacial score (nSPS) is 16.3. The number of morpholine rings is 1. The highest BCUT2D eigenvalue weighted by Crippen LogP contribution is 2.23. The van der Waals surface area contributed by atoms with Gasteiger partial charge in [-0.25, -0.2) is 13.9 Å². The Kier molecular flexibility index (Phi) is 4.51. The number of hydrogen-bond donors (Lipinski definition) is 1. The highest BCUT2D eigenvalue weighted by Gasteiger charge is 2.38. The molecule has 0 unspecified atom stereocenters. The summed E-state index contributed by atoms with van der Waals surface area (Å²) >= 11 is 0. The first kappa shape index (κ1) is 18.4. The minimum atomic E-state index is -0.345. The van der Waals surface area contributed by atoms with Crippen LogP contribution >= 0.6 is 0 Å². The summed E-state index contributed by atoms with van der Waals surface area (Å²) in [7, 11) is 0. The highest BCUT2D eigenvalue weighted by atomic mass is 19.1. The average molecular weight is 408 g/mol. The zero-order chi connectivity index (χ0) is 20.7. The van der Waals surface area contributed by atoms with Crippen molar-refractivity contribution in [1.29, 1.82) is 0 Å². The number of rotatable bonds is 4. The number of nitrogens with zero attached hydrogens (tertiary/aromatic N) is 5. The van der Waals surface area contributed by atoms with E-state index in [0.717, 1.165) is 0 Å². The van der Waals surface area contributed by atoms with E-state index in [1.807, 2.05) is 4.90 Å². The van der Waals surface area contributed by atoms with Gasteiger partial charge in [-0.1, -0.05) is 17.3 Å². The van der Waals surface area contributed by atoms with Gasteiger partial charge in [0, 0.05) is 19.2 Å². The number of aromatic nitrogens is 3. The molecule has 5 rings (SSSR count). The fourth-order valence-electron chi connectivity index (χ4n) is 3.76. The predicted octanol–water partition coefficient (Wildman–Crippen LogP) is 1.91. The van der Waals surface area contributed by atoms with Gasteiger partial charge in [0.25, 0.3) is 0 Å². The molecule has 0 bridgehead atoms. The lowest BCUT2D eigenvalue weighted by atomic mass is 10.1. The summed E-state index contributed by atoms with van der Waals surface area (Å²) in [5.74, 6) is -0.743. The van der Waals surface area contributed by atoms with Crippen molar-refractivity contribution in [1.82, 2.24) is 15.0 Å². The molecule has 2 aliphatic heterocycles. The number of carbonyl (C=O) groups is 1. The molecule has 3 heterocycles. The third-order valence-corrected chi connectivity index (χ3v) is 5.31. The molecule has 1 aromatic heterocycles. The molecule has 1 N–H and O–H groups in total. The Morgan fingerprint density at radius 3 is 2.63 bits per heavy atom. The van der Waals surface area contributed by atoms with Crippen LogP contribution in [0.15, 0.2) is 48.7 Å². The Bertz CT molecular complexity index is 1170. The summed E-state index contributed by atoms with van der Waals surface area (Å²) in [4.78, 5) is 14.5. The van der Waals surface area contributed by atoms with Crippen molar-refractivity contribution in [3.8, 4) is 5.69 Å². The molecule has 30 heavy (non-hydrogen) atoms. The van der Waals surface area contributed by atoms with Crippen LogP contribution in [0.4, 0.5) is 10.1 Å². The van der Waals surface area contributed by atoms with Gasteiger partial charge in [-0.2, -0.15) is 0 Å². The van der Waals surface area contributed by atoms with Crippen LogP contribution < -0.4 is 4.90 Å². The zero-order valence-corrected chi connectivity index (χ0v) is 16.0. The Hall–Kier alpha value is -3.59. The molecular weight excluding hydrogens is 389 g/mol. The fraction of sp³-hybridized carbons (Fsp3) is 0.238. The number of amides is 1. The number of anilines is 1. The number of carbonyl (C=O) groups excluding carboxylic acids is 1. The van der Waals surface area contributed by atoms with Gasteiger partial charge in [-0.3, -0.25) is 0 Å². The number of halogens is 1. The molecule has 0 atom stereocenters. The van der Waals surface area contributed by atoms with Crippen molar-refractivity contribution in [2.24, 2.45) is 0 Å². The van der Waals surface area contributed by atoms with Gasteiger partial charge < -0.3 is 14.7 Å². The third-order valence-electron chi connectivity index (χ3n) is 5.31. The molecule has 152 valence electrons. The van der Waals surface area contributed by atoms with Crippen LogP contribution in [0.2, 0.25) is 0 Å². The standard InChI is InChI=1S/C21H18FN5O3/c22-18-11-15(5-6-19(18)25-7-9-30-10-8-25)27-13-14(23-24-27)12-26-20(28)16-3-1-2-4-17(16)21(26)29/h1-6,11,13H,7-10,12H2/p+1. The maximum absolute atomic E-state index is 14.7. The number of hydrogen-bond acceptors (Lipinski definition) is 5. The molecule has 1 saturated heterocycles. The Labute approximate surface area is 171 Å². The molecule has 2 aromatic carbocycles. The highest BCUT2D eigenvalue weighted by molar-refractivity contribution is 6.09. The summed E-state index contributed by atoms with van der Waals surface area (Å²) in [5, 5.41) is 18.5. The van der Waals surface area contributed by atoms with Gasteiger partial charge in [-0.05, 0) is 24.3 Å². The van der Waals surface area contributed by atoms with E-state index in [4.69, 9.17) is 4.74 Å². The van der Waals surface area contributed by atoms with Gasteiger partial charge in [0.05, 0.1) is 30.8 Å². The summed E-state index contributed by atoms with van der Waals surface area (Å²) in [6.45, 7) is 2.52. The van der Waals surface area contributed by atoms with Crippen molar-refractivity contribution in [3.05, 3.63) is 71.3 Å². The topological polar surface area (TPSA) is 83.5 Å². The minimum absolute atomic E-state index is 0.0632. The van der Waals surface area contributed by atoms with Crippen molar-refractivity contribution in [2.75, 3.05) is 31.2 Å².